The normalized spacial score (nSPS) is 14.8. The molecule has 1 heterocycles. The Morgan fingerprint density at radius 3 is 2.22 bits per heavy atom. The van der Waals surface area contributed by atoms with Crippen molar-refractivity contribution in [2.75, 3.05) is 36.0 Å². The van der Waals surface area contributed by atoms with Gasteiger partial charge in [0.05, 0.1) is 11.3 Å². The van der Waals surface area contributed by atoms with Crippen molar-refractivity contribution in [2.24, 2.45) is 0 Å². The smallest absolute Gasteiger partial charge is 0.354 e. The molecular formula is C26H25F3N4O3S. The van der Waals surface area contributed by atoms with Crippen LogP contribution < -0.4 is 15.4 Å². The number of halogens is 3. The number of alkyl halides is 3. The first-order valence-electron chi connectivity index (χ1n) is 11.3. The fourth-order valence-corrected chi connectivity index (χ4v) is 4.38. The second-order valence-corrected chi connectivity index (χ2v) is 10.4. The number of benzene rings is 3. The average Bonchev–Trinajstić information content (AvgIpc) is 3.16. The Morgan fingerprint density at radius 1 is 0.946 bits per heavy atom. The maximum absolute atomic E-state index is 13.1. The fraction of sp³-hybridized carbons (Fsp3) is 0.192. The molecule has 1 aliphatic rings. The lowest BCUT2D eigenvalue weighted by atomic mass is 9.99. The summed E-state index contributed by atoms with van der Waals surface area (Å²) in [6.07, 6.45) is 0.867. The second-order valence-electron chi connectivity index (χ2n) is 8.76. The van der Waals surface area contributed by atoms with Crippen LogP contribution >= 0.6 is 0 Å². The number of hydrogen-bond acceptors (Lipinski definition) is 5. The van der Waals surface area contributed by atoms with E-state index in [1.807, 2.05) is 44.4 Å². The molecule has 0 unspecified atom stereocenters. The molecule has 3 N–H and O–H groups in total. The summed E-state index contributed by atoms with van der Waals surface area (Å²) >= 11 is 0. The Morgan fingerprint density at radius 2 is 1.59 bits per heavy atom. The van der Waals surface area contributed by atoms with Crippen molar-refractivity contribution in [3.8, 4) is 0 Å². The minimum atomic E-state index is -5.62. The van der Waals surface area contributed by atoms with E-state index in [0.29, 0.717) is 22.6 Å². The summed E-state index contributed by atoms with van der Waals surface area (Å²) in [5.41, 5.74) is -2.07. The molecule has 0 saturated carbocycles. The summed E-state index contributed by atoms with van der Waals surface area (Å²) in [5.74, 6) is -0.472. The SMILES string of the molecule is CN(C)CCc1ccc(NC(=C2C(=O)Nc3ccc(NS(=O)(=O)C(F)(F)F)cc32)c2ccccc2)cc1. The largest absolute Gasteiger partial charge is 0.516 e. The number of sulfonamides is 1. The van der Waals surface area contributed by atoms with Gasteiger partial charge in [0.2, 0.25) is 0 Å². The molecule has 1 amide bonds. The highest BCUT2D eigenvalue weighted by Crippen LogP contribution is 2.39. The molecule has 4 rings (SSSR count). The zero-order chi connectivity index (χ0) is 26.8. The molecule has 0 aromatic heterocycles. The van der Waals surface area contributed by atoms with Crippen LogP contribution in [-0.2, 0) is 21.2 Å². The van der Waals surface area contributed by atoms with Crippen molar-refractivity contribution in [3.63, 3.8) is 0 Å². The topological polar surface area (TPSA) is 90.5 Å². The van der Waals surface area contributed by atoms with Gasteiger partial charge in [0.15, 0.2) is 0 Å². The minimum absolute atomic E-state index is 0.172. The first kappa shape index (κ1) is 26.2. The minimum Gasteiger partial charge on any atom is -0.354 e. The van der Waals surface area contributed by atoms with Gasteiger partial charge in [-0.25, -0.2) is 0 Å². The van der Waals surface area contributed by atoms with E-state index in [1.54, 1.807) is 24.3 Å². The third-order valence-electron chi connectivity index (χ3n) is 5.70. The first-order valence-corrected chi connectivity index (χ1v) is 12.8. The summed E-state index contributed by atoms with van der Waals surface area (Å²) in [6.45, 7) is 0.892. The van der Waals surface area contributed by atoms with E-state index in [2.05, 4.69) is 15.5 Å². The average molecular weight is 531 g/mol. The van der Waals surface area contributed by atoms with E-state index in [1.165, 1.54) is 16.9 Å². The van der Waals surface area contributed by atoms with Gasteiger partial charge in [0, 0.05) is 29.2 Å². The van der Waals surface area contributed by atoms with Gasteiger partial charge in [-0.3, -0.25) is 9.52 Å². The predicted molar refractivity (Wildman–Crippen MR) is 139 cm³/mol. The molecule has 37 heavy (non-hydrogen) atoms. The maximum Gasteiger partial charge on any atom is 0.516 e. The van der Waals surface area contributed by atoms with Gasteiger partial charge in [-0.2, -0.15) is 21.6 Å². The molecule has 194 valence electrons. The molecule has 0 spiro atoms. The highest BCUT2D eigenvalue weighted by molar-refractivity contribution is 7.93. The monoisotopic (exact) mass is 530 g/mol. The number of carbonyl (C=O) groups is 1. The Bertz CT molecular complexity index is 1440. The Balaban J connectivity index is 1.76. The lowest BCUT2D eigenvalue weighted by molar-refractivity contribution is -0.110. The number of amides is 1. The number of anilines is 3. The van der Waals surface area contributed by atoms with Crippen LogP contribution in [0.1, 0.15) is 16.7 Å². The third-order valence-corrected chi connectivity index (χ3v) is 6.82. The van der Waals surface area contributed by atoms with E-state index in [4.69, 9.17) is 0 Å². The van der Waals surface area contributed by atoms with Gasteiger partial charge < -0.3 is 15.5 Å². The highest BCUT2D eigenvalue weighted by Gasteiger charge is 2.46. The van der Waals surface area contributed by atoms with E-state index in [9.17, 15) is 26.4 Å². The maximum atomic E-state index is 13.1. The molecule has 0 radical (unpaired) electrons. The summed E-state index contributed by atoms with van der Waals surface area (Å²) in [6, 6.07) is 20.4. The summed E-state index contributed by atoms with van der Waals surface area (Å²) in [5, 5.41) is 5.98. The number of rotatable bonds is 8. The number of hydrogen-bond donors (Lipinski definition) is 3. The summed E-state index contributed by atoms with van der Waals surface area (Å²) in [4.78, 5) is 15.1. The van der Waals surface area contributed by atoms with Crippen LogP contribution in [-0.4, -0.2) is 45.4 Å². The van der Waals surface area contributed by atoms with E-state index in [0.717, 1.165) is 24.6 Å². The Kier molecular flexibility index (Phi) is 7.28. The van der Waals surface area contributed by atoms with Crippen molar-refractivity contribution < 1.29 is 26.4 Å². The second kappa shape index (κ2) is 10.3. The van der Waals surface area contributed by atoms with Gasteiger partial charge >= 0.3 is 15.5 Å². The van der Waals surface area contributed by atoms with Gasteiger partial charge in [-0.05, 0) is 62.0 Å². The lowest BCUT2D eigenvalue weighted by Gasteiger charge is -2.16. The Hall–Kier alpha value is -3.83. The number of nitrogens with zero attached hydrogens (tertiary/aromatic N) is 1. The van der Waals surface area contributed by atoms with Crippen molar-refractivity contribution in [2.45, 2.75) is 11.9 Å². The molecule has 3 aromatic rings. The van der Waals surface area contributed by atoms with Crippen LogP contribution in [0.15, 0.2) is 72.8 Å². The van der Waals surface area contributed by atoms with Crippen LogP contribution in [0, 0.1) is 0 Å². The van der Waals surface area contributed by atoms with Crippen LogP contribution in [0.5, 0.6) is 0 Å². The summed E-state index contributed by atoms with van der Waals surface area (Å²) in [7, 11) is -1.63. The van der Waals surface area contributed by atoms with Crippen molar-refractivity contribution >= 4 is 44.3 Å². The molecular weight excluding hydrogens is 505 g/mol. The number of fused-ring (bicyclic) bond motifs is 1. The third kappa shape index (κ3) is 5.95. The number of likely N-dealkylation sites (N-methyl/N-ethyl adjacent to an activating group) is 1. The molecule has 0 aliphatic carbocycles. The lowest BCUT2D eigenvalue weighted by Crippen LogP contribution is -2.29. The molecule has 0 atom stereocenters. The first-order chi connectivity index (χ1) is 17.4. The Labute approximate surface area is 213 Å². The van der Waals surface area contributed by atoms with Gasteiger partial charge in [0.1, 0.15) is 0 Å². The highest BCUT2D eigenvalue weighted by atomic mass is 32.2. The number of carbonyl (C=O) groups excluding carboxylic acids is 1. The molecule has 3 aromatic carbocycles. The van der Waals surface area contributed by atoms with Gasteiger partial charge in [-0.1, -0.05) is 42.5 Å². The molecule has 0 saturated heterocycles. The zero-order valence-electron chi connectivity index (χ0n) is 20.1. The fourth-order valence-electron chi connectivity index (χ4n) is 3.83. The van der Waals surface area contributed by atoms with Crippen LogP contribution in [0.25, 0.3) is 11.3 Å². The van der Waals surface area contributed by atoms with Crippen molar-refractivity contribution in [3.05, 3.63) is 89.5 Å². The standard InChI is InChI=1S/C26H25F3N4O3S/c1-33(2)15-14-17-8-10-19(11-9-17)30-24(18-6-4-3-5-7-18)23-21-16-20(12-13-22(21)31-25(23)34)32-37(35,36)26(27,28)29/h3-13,16,30,32H,14-15H2,1-2H3,(H,31,34). The van der Waals surface area contributed by atoms with Crippen LogP contribution in [0.2, 0.25) is 0 Å². The molecule has 1 aliphatic heterocycles. The van der Waals surface area contributed by atoms with E-state index < -0.39 is 21.4 Å². The van der Waals surface area contributed by atoms with Crippen LogP contribution in [0.3, 0.4) is 0 Å². The van der Waals surface area contributed by atoms with E-state index in [-0.39, 0.29) is 16.8 Å². The predicted octanol–water partition coefficient (Wildman–Crippen LogP) is 4.98. The van der Waals surface area contributed by atoms with Crippen molar-refractivity contribution in [1.29, 1.82) is 0 Å². The quantitative estimate of drug-likeness (QED) is 0.357. The zero-order valence-corrected chi connectivity index (χ0v) is 20.9. The van der Waals surface area contributed by atoms with E-state index >= 15 is 0 Å². The molecule has 0 fully saturated rings. The molecule has 7 nitrogen and oxygen atoms in total. The molecule has 11 heteroatoms. The van der Waals surface area contributed by atoms with Crippen molar-refractivity contribution in [1.82, 2.24) is 4.90 Å². The van der Waals surface area contributed by atoms with Gasteiger partial charge in [0.25, 0.3) is 5.91 Å². The number of nitrogens with one attached hydrogen (secondary N) is 3. The summed E-state index contributed by atoms with van der Waals surface area (Å²) < 4.78 is 63.5. The molecule has 0 bridgehead atoms. The van der Waals surface area contributed by atoms with Gasteiger partial charge in [-0.15, -0.1) is 0 Å². The van der Waals surface area contributed by atoms with Crippen LogP contribution in [0.4, 0.5) is 30.2 Å².